The Morgan fingerprint density at radius 1 is 1.12 bits per heavy atom. The van der Waals surface area contributed by atoms with Crippen LogP contribution in [0.5, 0.6) is 0 Å². The summed E-state index contributed by atoms with van der Waals surface area (Å²) in [5.41, 5.74) is 10.8. The van der Waals surface area contributed by atoms with Gasteiger partial charge in [0, 0.05) is 11.8 Å². The number of aliphatic imine (C=N–C) groups is 1. The van der Waals surface area contributed by atoms with Gasteiger partial charge < -0.3 is 11.5 Å². The molecule has 0 aliphatic rings. The number of rotatable bonds is 3. The van der Waals surface area contributed by atoms with Gasteiger partial charge in [-0.3, -0.25) is 4.79 Å². The fourth-order valence-corrected chi connectivity index (χ4v) is 3.39. The molecule has 0 radical (unpaired) electrons. The molecule has 8 heteroatoms. The Labute approximate surface area is 139 Å². The highest BCUT2D eigenvalue weighted by atomic mass is 32.2. The van der Waals surface area contributed by atoms with E-state index in [0.717, 1.165) is 6.26 Å². The van der Waals surface area contributed by atoms with Gasteiger partial charge in [-0.2, -0.15) is 10.3 Å². The Morgan fingerprint density at radius 3 is 2.25 bits per heavy atom. The molecular formula is C16H14N4O3S. The molecule has 4 N–H and O–H groups in total. The fourth-order valence-electron chi connectivity index (χ4n) is 2.28. The fraction of sp³-hybridized carbons (Fsp3) is 0.0625. The molecule has 0 unspecified atom stereocenters. The third-order valence-electron chi connectivity index (χ3n) is 3.19. The minimum Gasteiger partial charge on any atom is -0.370 e. The number of hydrogen-bond donors (Lipinski definition) is 2. The van der Waals surface area contributed by atoms with Crippen LogP contribution in [-0.2, 0) is 9.84 Å². The van der Waals surface area contributed by atoms with Gasteiger partial charge in [-0.15, -0.1) is 0 Å². The van der Waals surface area contributed by atoms with Gasteiger partial charge in [-0.25, -0.2) is 8.42 Å². The van der Waals surface area contributed by atoms with Crippen LogP contribution in [0.3, 0.4) is 0 Å². The van der Waals surface area contributed by atoms with E-state index in [1.165, 1.54) is 12.1 Å². The Hall–Kier alpha value is -3.18. The summed E-state index contributed by atoms with van der Waals surface area (Å²) >= 11 is 0. The van der Waals surface area contributed by atoms with Gasteiger partial charge in [0.15, 0.2) is 15.8 Å². The number of nitrogens with two attached hydrogens (primary N) is 2. The zero-order chi connectivity index (χ0) is 17.9. The molecule has 24 heavy (non-hydrogen) atoms. The lowest BCUT2D eigenvalue weighted by atomic mass is 9.99. The lowest BCUT2D eigenvalue weighted by molar-refractivity contribution is 0.100. The summed E-state index contributed by atoms with van der Waals surface area (Å²) < 4.78 is 24.5. The summed E-state index contributed by atoms with van der Waals surface area (Å²) in [6, 6.07) is 13.3. The van der Waals surface area contributed by atoms with E-state index < -0.39 is 21.7 Å². The Morgan fingerprint density at radius 2 is 1.75 bits per heavy atom. The third-order valence-corrected chi connectivity index (χ3v) is 4.35. The average Bonchev–Trinajstić information content (AvgIpc) is 2.52. The first kappa shape index (κ1) is 17.2. The second-order valence-electron chi connectivity index (χ2n) is 4.96. The number of benzene rings is 2. The van der Waals surface area contributed by atoms with Crippen molar-refractivity contribution in [3.05, 3.63) is 53.6 Å². The van der Waals surface area contributed by atoms with Crippen molar-refractivity contribution in [3.8, 4) is 17.2 Å². The van der Waals surface area contributed by atoms with Crippen LogP contribution < -0.4 is 11.5 Å². The molecule has 1 amide bonds. The molecule has 0 spiro atoms. The molecule has 0 bridgehead atoms. The van der Waals surface area contributed by atoms with Gasteiger partial charge in [-0.1, -0.05) is 36.4 Å². The molecule has 0 saturated heterocycles. The van der Waals surface area contributed by atoms with Crippen molar-refractivity contribution in [2.45, 2.75) is 4.90 Å². The van der Waals surface area contributed by atoms with Gasteiger partial charge in [0.2, 0.25) is 0 Å². The molecule has 7 nitrogen and oxygen atoms in total. The highest BCUT2D eigenvalue weighted by molar-refractivity contribution is 7.91. The summed E-state index contributed by atoms with van der Waals surface area (Å²) in [7, 11) is -3.79. The average molecular weight is 342 g/mol. The first-order chi connectivity index (χ1) is 11.3. The second-order valence-corrected chi connectivity index (χ2v) is 6.91. The van der Waals surface area contributed by atoms with Gasteiger partial charge in [-0.05, 0) is 11.6 Å². The summed E-state index contributed by atoms with van der Waals surface area (Å²) in [4.78, 5) is 15.2. The van der Waals surface area contributed by atoms with E-state index in [4.69, 9.17) is 11.5 Å². The van der Waals surface area contributed by atoms with Crippen LogP contribution in [0, 0.1) is 11.3 Å². The molecule has 0 aromatic heterocycles. The zero-order valence-corrected chi connectivity index (χ0v) is 13.5. The van der Waals surface area contributed by atoms with Crippen LogP contribution >= 0.6 is 0 Å². The molecule has 2 rings (SSSR count). The molecule has 2 aromatic rings. The minimum absolute atomic E-state index is 0.175. The molecular weight excluding hydrogens is 328 g/mol. The molecule has 0 aliphatic heterocycles. The second kappa shape index (κ2) is 6.52. The van der Waals surface area contributed by atoms with Crippen LogP contribution in [-0.4, -0.2) is 26.5 Å². The lowest BCUT2D eigenvalue weighted by Crippen LogP contribution is -2.24. The van der Waals surface area contributed by atoms with Crippen molar-refractivity contribution >= 4 is 21.7 Å². The monoisotopic (exact) mass is 342 g/mol. The highest BCUT2D eigenvalue weighted by Gasteiger charge is 2.25. The van der Waals surface area contributed by atoms with E-state index in [2.05, 4.69) is 4.99 Å². The van der Waals surface area contributed by atoms with Crippen molar-refractivity contribution in [3.63, 3.8) is 0 Å². The maximum Gasteiger partial charge on any atom is 0.281 e. The van der Waals surface area contributed by atoms with Crippen molar-refractivity contribution in [1.29, 1.82) is 5.26 Å². The first-order valence-electron chi connectivity index (χ1n) is 6.72. The molecule has 122 valence electrons. The maximum atomic E-state index is 12.3. The van der Waals surface area contributed by atoms with Crippen molar-refractivity contribution in [1.82, 2.24) is 0 Å². The molecule has 0 heterocycles. The van der Waals surface area contributed by atoms with Crippen molar-refractivity contribution in [2.24, 2.45) is 16.5 Å². The summed E-state index contributed by atoms with van der Waals surface area (Å²) in [6.45, 7) is 0. The number of carbonyl (C=O) groups is 1. The van der Waals surface area contributed by atoms with Crippen LogP contribution in [0.4, 0.5) is 0 Å². The molecule has 0 aliphatic carbocycles. The highest BCUT2D eigenvalue weighted by Crippen LogP contribution is 2.32. The number of hydrogen-bond acceptors (Lipinski definition) is 4. The Kier molecular flexibility index (Phi) is 4.66. The van der Waals surface area contributed by atoms with Crippen LogP contribution in [0.25, 0.3) is 11.1 Å². The smallest absolute Gasteiger partial charge is 0.281 e. The predicted molar refractivity (Wildman–Crippen MR) is 89.8 cm³/mol. The van der Waals surface area contributed by atoms with Crippen molar-refractivity contribution in [2.75, 3.05) is 6.26 Å². The first-order valence-corrected chi connectivity index (χ1v) is 8.61. The topological polar surface area (TPSA) is 139 Å². The van der Waals surface area contributed by atoms with E-state index in [9.17, 15) is 18.5 Å². The van der Waals surface area contributed by atoms with Crippen molar-refractivity contribution < 1.29 is 13.2 Å². The molecule has 2 aromatic carbocycles. The quantitative estimate of drug-likeness (QED) is 0.631. The largest absolute Gasteiger partial charge is 0.370 e. The third kappa shape index (κ3) is 3.42. The number of amides is 1. The molecule has 0 fully saturated rings. The van der Waals surface area contributed by atoms with Gasteiger partial charge in [0.25, 0.3) is 5.91 Å². The van der Waals surface area contributed by atoms with Gasteiger partial charge in [0.05, 0.1) is 16.0 Å². The predicted octanol–water partition coefficient (Wildman–Crippen LogP) is 1.04. The zero-order valence-electron chi connectivity index (χ0n) is 12.7. The lowest BCUT2D eigenvalue weighted by Gasteiger charge is -2.12. The number of nitriles is 1. The standard InChI is InChI=1S/C16H14N4O3S/c1-24(22,23)14-11(10-5-3-2-4-6-10)7-8-12(13(14)9-17)15(21)20-16(18)19/h2-8H,1H3,(H4,18,19,20,21). The van der Waals surface area contributed by atoms with Crippen LogP contribution in [0.1, 0.15) is 15.9 Å². The SMILES string of the molecule is CS(=O)(=O)c1c(-c2ccccc2)ccc(C(=O)N=C(N)N)c1C#N. The van der Waals surface area contributed by atoms with Crippen LogP contribution in [0.2, 0.25) is 0 Å². The van der Waals surface area contributed by atoms with E-state index in [1.54, 1.807) is 36.4 Å². The Balaban J connectivity index is 2.86. The van der Waals surface area contributed by atoms with E-state index in [1.807, 2.05) is 0 Å². The van der Waals surface area contributed by atoms with E-state index >= 15 is 0 Å². The minimum atomic E-state index is -3.79. The number of carbonyl (C=O) groups excluding carboxylic acids is 1. The van der Waals surface area contributed by atoms with Crippen LogP contribution in [0.15, 0.2) is 52.4 Å². The van der Waals surface area contributed by atoms with Gasteiger partial charge in [0.1, 0.15) is 6.07 Å². The molecule has 0 atom stereocenters. The number of sulfone groups is 1. The summed E-state index contributed by atoms with van der Waals surface area (Å²) in [5.74, 6) is -1.35. The van der Waals surface area contributed by atoms with E-state index in [-0.39, 0.29) is 16.0 Å². The van der Waals surface area contributed by atoms with E-state index in [0.29, 0.717) is 11.1 Å². The normalized spacial score (nSPS) is 10.7. The molecule has 0 saturated carbocycles. The van der Waals surface area contributed by atoms with Gasteiger partial charge >= 0.3 is 0 Å². The number of guanidine groups is 1. The maximum absolute atomic E-state index is 12.3. The number of nitrogens with zero attached hydrogens (tertiary/aromatic N) is 2. The summed E-state index contributed by atoms with van der Waals surface area (Å²) in [6.07, 6.45) is 0.977. The summed E-state index contributed by atoms with van der Waals surface area (Å²) in [5, 5.41) is 9.44. The Bertz CT molecular complexity index is 970.